The third-order valence-corrected chi connectivity index (χ3v) is 3.09. The number of hydrogen-bond donors (Lipinski definition) is 1. The molecule has 7 nitrogen and oxygen atoms in total. The highest BCUT2D eigenvalue weighted by Gasteiger charge is 2.06. The second-order valence-corrected chi connectivity index (χ2v) is 4.90. The van der Waals surface area contributed by atoms with Crippen LogP contribution in [-0.4, -0.2) is 43.1 Å². The van der Waals surface area contributed by atoms with Gasteiger partial charge in [0.1, 0.15) is 11.5 Å². The molecule has 1 aromatic carbocycles. The van der Waals surface area contributed by atoms with Crippen LogP contribution < -0.4 is 19.7 Å². The Morgan fingerprint density at radius 2 is 1.91 bits per heavy atom. The maximum atomic E-state index is 10.9. The third-order valence-electron chi connectivity index (χ3n) is 3.09. The Bertz CT molecular complexity index is 646. The summed E-state index contributed by atoms with van der Waals surface area (Å²) in [5, 5.41) is 2.74. The van der Waals surface area contributed by atoms with Crippen molar-refractivity contribution in [3.8, 4) is 17.4 Å². The first-order chi connectivity index (χ1) is 11.1. The number of rotatable bonds is 7. The zero-order valence-corrected chi connectivity index (χ0v) is 13.4. The number of hydrogen-bond acceptors (Lipinski definition) is 6. The van der Waals surface area contributed by atoms with E-state index < -0.39 is 0 Å². The van der Waals surface area contributed by atoms with Gasteiger partial charge in [-0.05, 0) is 24.3 Å². The van der Waals surface area contributed by atoms with Crippen LogP contribution in [0, 0.1) is 0 Å². The van der Waals surface area contributed by atoms with Crippen LogP contribution in [0.25, 0.3) is 0 Å². The van der Waals surface area contributed by atoms with Crippen molar-refractivity contribution in [1.82, 2.24) is 15.3 Å². The Labute approximate surface area is 135 Å². The predicted molar refractivity (Wildman–Crippen MR) is 87.1 cm³/mol. The Hall–Kier alpha value is -2.83. The van der Waals surface area contributed by atoms with E-state index in [1.165, 1.54) is 6.92 Å². The van der Waals surface area contributed by atoms with Crippen LogP contribution >= 0.6 is 0 Å². The molecular formula is C16H20N4O3. The minimum atomic E-state index is -0.0546. The number of carbonyl (C=O) groups is 1. The predicted octanol–water partition coefficient (Wildman–Crippen LogP) is 1.85. The number of nitrogens with one attached hydrogen (secondary N) is 1. The van der Waals surface area contributed by atoms with Crippen LogP contribution in [0.3, 0.4) is 0 Å². The van der Waals surface area contributed by atoms with E-state index in [-0.39, 0.29) is 5.91 Å². The standard InChI is InChI=1S/C16H20N4O3/c1-12(21)18-8-9-20(2)15-10-17-11-16(19-15)23-14-6-4-13(22-3)5-7-14/h4-7,10-11H,8-9H2,1-3H3,(H,18,21). The third kappa shape index (κ3) is 5.14. The van der Waals surface area contributed by atoms with Crippen molar-refractivity contribution in [3.05, 3.63) is 36.7 Å². The minimum Gasteiger partial charge on any atom is -0.497 e. The highest BCUT2D eigenvalue weighted by atomic mass is 16.5. The van der Waals surface area contributed by atoms with E-state index in [0.717, 1.165) is 5.75 Å². The maximum Gasteiger partial charge on any atom is 0.239 e. The summed E-state index contributed by atoms with van der Waals surface area (Å²) in [5.41, 5.74) is 0. The molecule has 0 aliphatic rings. The molecule has 1 amide bonds. The van der Waals surface area contributed by atoms with Gasteiger partial charge in [-0.25, -0.2) is 0 Å². The number of ether oxygens (including phenoxy) is 2. The monoisotopic (exact) mass is 316 g/mol. The van der Waals surface area contributed by atoms with Crippen LogP contribution in [0.5, 0.6) is 17.4 Å². The molecule has 0 atom stereocenters. The summed E-state index contributed by atoms with van der Waals surface area (Å²) >= 11 is 0. The second-order valence-electron chi connectivity index (χ2n) is 4.90. The lowest BCUT2D eigenvalue weighted by Gasteiger charge is -2.18. The van der Waals surface area contributed by atoms with Gasteiger partial charge in [-0.1, -0.05) is 0 Å². The summed E-state index contributed by atoms with van der Waals surface area (Å²) in [6, 6.07) is 7.22. The fraction of sp³-hybridized carbons (Fsp3) is 0.312. The molecular weight excluding hydrogens is 296 g/mol. The van der Waals surface area contributed by atoms with E-state index in [9.17, 15) is 4.79 Å². The molecule has 0 bridgehead atoms. The van der Waals surface area contributed by atoms with Crippen LogP contribution in [-0.2, 0) is 4.79 Å². The molecule has 0 aliphatic carbocycles. The number of likely N-dealkylation sites (N-methyl/N-ethyl adjacent to an activating group) is 1. The molecule has 23 heavy (non-hydrogen) atoms. The fourth-order valence-corrected chi connectivity index (χ4v) is 1.85. The molecule has 1 heterocycles. The molecule has 2 rings (SSSR count). The molecule has 0 spiro atoms. The Morgan fingerprint density at radius 3 is 2.57 bits per heavy atom. The smallest absolute Gasteiger partial charge is 0.239 e. The highest BCUT2D eigenvalue weighted by Crippen LogP contribution is 2.23. The fourth-order valence-electron chi connectivity index (χ4n) is 1.85. The van der Waals surface area contributed by atoms with Gasteiger partial charge in [-0.3, -0.25) is 9.78 Å². The Balaban J connectivity index is 1.99. The van der Waals surface area contributed by atoms with Crippen molar-refractivity contribution in [3.63, 3.8) is 0 Å². The topological polar surface area (TPSA) is 76.6 Å². The van der Waals surface area contributed by atoms with E-state index in [0.29, 0.717) is 30.5 Å². The zero-order chi connectivity index (χ0) is 16.7. The van der Waals surface area contributed by atoms with Crippen LogP contribution in [0.2, 0.25) is 0 Å². The van der Waals surface area contributed by atoms with Crippen LogP contribution in [0.4, 0.5) is 5.82 Å². The van der Waals surface area contributed by atoms with Crippen molar-refractivity contribution >= 4 is 11.7 Å². The lowest BCUT2D eigenvalue weighted by Crippen LogP contribution is -2.32. The molecule has 2 aromatic rings. The number of methoxy groups -OCH3 is 1. The van der Waals surface area contributed by atoms with Crippen molar-refractivity contribution in [2.45, 2.75) is 6.92 Å². The minimum absolute atomic E-state index is 0.0546. The first kappa shape index (κ1) is 16.5. The van der Waals surface area contributed by atoms with E-state index in [2.05, 4.69) is 15.3 Å². The number of carbonyl (C=O) groups excluding carboxylic acids is 1. The van der Waals surface area contributed by atoms with E-state index in [1.54, 1.807) is 31.6 Å². The molecule has 0 saturated carbocycles. The van der Waals surface area contributed by atoms with Gasteiger partial charge in [-0.2, -0.15) is 4.98 Å². The maximum absolute atomic E-state index is 10.9. The summed E-state index contributed by atoms with van der Waals surface area (Å²) in [7, 11) is 3.49. The van der Waals surface area contributed by atoms with E-state index >= 15 is 0 Å². The Morgan fingerprint density at radius 1 is 1.22 bits per heavy atom. The summed E-state index contributed by atoms with van der Waals surface area (Å²) in [5.74, 6) is 2.43. The van der Waals surface area contributed by atoms with Gasteiger partial charge in [0.05, 0.1) is 19.5 Å². The lowest BCUT2D eigenvalue weighted by molar-refractivity contribution is -0.118. The SMILES string of the molecule is COc1ccc(Oc2cncc(N(C)CCNC(C)=O)n2)cc1. The number of benzene rings is 1. The Kier molecular flexibility index (Phi) is 5.74. The van der Waals surface area contributed by atoms with Gasteiger partial charge in [0.25, 0.3) is 0 Å². The van der Waals surface area contributed by atoms with Gasteiger partial charge in [-0.15, -0.1) is 0 Å². The lowest BCUT2D eigenvalue weighted by atomic mass is 10.3. The normalized spacial score (nSPS) is 10.0. The average molecular weight is 316 g/mol. The van der Waals surface area contributed by atoms with E-state index in [1.807, 2.05) is 24.1 Å². The molecule has 0 fully saturated rings. The van der Waals surface area contributed by atoms with Crippen LogP contribution in [0.15, 0.2) is 36.7 Å². The van der Waals surface area contributed by atoms with Gasteiger partial charge in [0.2, 0.25) is 11.8 Å². The molecule has 0 unspecified atom stereocenters. The number of nitrogens with zero attached hydrogens (tertiary/aromatic N) is 3. The van der Waals surface area contributed by atoms with Gasteiger partial charge in [0.15, 0.2) is 5.82 Å². The van der Waals surface area contributed by atoms with Gasteiger partial charge in [0, 0.05) is 27.1 Å². The van der Waals surface area contributed by atoms with Gasteiger partial charge >= 0.3 is 0 Å². The van der Waals surface area contributed by atoms with Crippen molar-refractivity contribution in [2.24, 2.45) is 0 Å². The number of amides is 1. The second kappa shape index (κ2) is 7.98. The molecule has 0 aliphatic heterocycles. The molecule has 1 aromatic heterocycles. The molecule has 7 heteroatoms. The number of anilines is 1. The zero-order valence-electron chi connectivity index (χ0n) is 13.4. The summed E-state index contributed by atoms with van der Waals surface area (Å²) in [6.45, 7) is 2.65. The number of aromatic nitrogens is 2. The van der Waals surface area contributed by atoms with Crippen molar-refractivity contribution in [2.75, 3.05) is 32.1 Å². The molecule has 122 valence electrons. The quantitative estimate of drug-likeness (QED) is 0.840. The molecule has 1 N–H and O–H groups in total. The largest absolute Gasteiger partial charge is 0.497 e. The highest BCUT2D eigenvalue weighted by molar-refractivity contribution is 5.72. The molecule has 0 saturated heterocycles. The first-order valence-corrected chi connectivity index (χ1v) is 7.18. The van der Waals surface area contributed by atoms with Gasteiger partial charge < -0.3 is 19.7 Å². The summed E-state index contributed by atoms with van der Waals surface area (Å²) < 4.78 is 10.8. The summed E-state index contributed by atoms with van der Waals surface area (Å²) in [4.78, 5) is 21.3. The molecule has 0 radical (unpaired) electrons. The summed E-state index contributed by atoms with van der Waals surface area (Å²) in [6.07, 6.45) is 3.20. The first-order valence-electron chi connectivity index (χ1n) is 7.18. The van der Waals surface area contributed by atoms with Crippen molar-refractivity contribution < 1.29 is 14.3 Å². The average Bonchev–Trinajstić information content (AvgIpc) is 2.55. The van der Waals surface area contributed by atoms with E-state index in [4.69, 9.17) is 9.47 Å². The van der Waals surface area contributed by atoms with Crippen LogP contribution in [0.1, 0.15) is 6.92 Å². The van der Waals surface area contributed by atoms with Crippen molar-refractivity contribution in [1.29, 1.82) is 0 Å².